The Bertz CT molecular complexity index is 1470. The predicted molar refractivity (Wildman–Crippen MR) is 135 cm³/mol. The minimum Gasteiger partial charge on any atom is -0.493 e. The molecule has 4 amide bonds. The number of amides is 4. The highest BCUT2D eigenvalue weighted by Gasteiger charge is 2.33. The molecule has 0 fully saturated rings. The molecule has 0 saturated heterocycles. The van der Waals surface area contributed by atoms with Crippen LogP contribution in [0.5, 0.6) is 5.88 Å². The molecule has 5 N–H and O–H groups in total. The van der Waals surface area contributed by atoms with Crippen molar-refractivity contribution in [2.45, 2.75) is 6.92 Å². The average Bonchev–Trinajstić information content (AvgIpc) is 3.39. The summed E-state index contributed by atoms with van der Waals surface area (Å²) in [5.74, 6) is -1.04. The summed E-state index contributed by atoms with van der Waals surface area (Å²) in [5.41, 5.74) is 13.8. The fourth-order valence-electron chi connectivity index (χ4n) is 3.55. The first-order chi connectivity index (χ1) is 17.3. The molecule has 0 atom stereocenters. The van der Waals surface area contributed by atoms with Gasteiger partial charge in [-0.05, 0) is 19.1 Å². The monoisotopic (exact) mass is 482 g/mol. The number of nitrogens with zero attached hydrogens (tertiary/aromatic N) is 4. The van der Waals surface area contributed by atoms with Crippen molar-refractivity contribution in [3.63, 3.8) is 0 Å². The van der Waals surface area contributed by atoms with Gasteiger partial charge < -0.3 is 16.6 Å². The summed E-state index contributed by atoms with van der Waals surface area (Å²) < 4.78 is 0.723. The van der Waals surface area contributed by atoms with Crippen molar-refractivity contribution >= 4 is 29.8 Å². The van der Waals surface area contributed by atoms with E-state index in [9.17, 15) is 19.5 Å². The number of hydrogen-bond acceptors (Lipinski definition) is 6. The minimum absolute atomic E-state index is 0.196. The minimum atomic E-state index is -0.979. The summed E-state index contributed by atoms with van der Waals surface area (Å²) in [7, 11) is 0. The Labute approximate surface area is 206 Å². The van der Waals surface area contributed by atoms with Gasteiger partial charge in [0.1, 0.15) is 11.4 Å². The van der Waals surface area contributed by atoms with Gasteiger partial charge in [0.05, 0.1) is 11.1 Å². The van der Waals surface area contributed by atoms with Gasteiger partial charge in [0.15, 0.2) is 0 Å². The molecule has 36 heavy (non-hydrogen) atoms. The van der Waals surface area contributed by atoms with Crippen LogP contribution in [0.15, 0.2) is 95.1 Å². The molecule has 1 aliphatic heterocycles. The molecule has 4 rings (SSSR count). The lowest BCUT2D eigenvalue weighted by atomic mass is 10.0. The number of urea groups is 1. The number of hydrazone groups is 1. The number of imide groups is 1. The van der Waals surface area contributed by atoms with Gasteiger partial charge in [-0.1, -0.05) is 78.4 Å². The second-order valence-electron chi connectivity index (χ2n) is 7.80. The van der Waals surface area contributed by atoms with Crippen molar-refractivity contribution in [1.82, 2.24) is 14.8 Å². The Hall–Kier alpha value is -5.25. The van der Waals surface area contributed by atoms with Crippen LogP contribution in [-0.4, -0.2) is 43.6 Å². The number of carbonyl (C=O) groups is 3. The molecule has 180 valence electrons. The number of aromatic hydroxyl groups is 1. The number of nitrogens with two attached hydrogens (primary N) is 2. The third-order valence-electron chi connectivity index (χ3n) is 5.31. The third-order valence-corrected chi connectivity index (χ3v) is 5.31. The number of benzene rings is 2. The first-order valence-corrected chi connectivity index (χ1v) is 10.8. The second kappa shape index (κ2) is 9.94. The molecule has 10 heteroatoms. The Kier molecular flexibility index (Phi) is 6.59. The largest absolute Gasteiger partial charge is 0.493 e. The van der Waals surface area contributed by atoms with E-state index in [4.69, 9.17) is 11.5 Å². The molecule has 0 unspecified atom stereocenters. The molecular formula is C26H22N6O4. The molecule has 2 aromatic carbocycles. The molecule has 1 aliphatic rings. The number of rotatable bonds is 5. The molecule has 0 aliphatic carbocycles. The Morgan fingerprint density at radius 2 is 1.56 bits per heavy atom. The van der Waals surface area contributed by atoms with E-state index in [1.165, 1.54) is 0 Å². The van der Waals surface area contributed by atoms with Crippen molar-refractivity contribution in [2.75, 3.05) is 0 Å². The lowest BCUT2D eigenvalue weighted by Crippen LogP contribution is -2.33. The van der Waals surface area contributed by atoms with Gasteiger partial charge in [0, 0.05) is 11.1 Å². The summed E-state index contributed by atoms with van der Waals surface area (Å²) in [4.78, 5) is 36.1. The number of carbonyl (C=O) groups excluding carboxylic acids is 3. The highest BCUT2D eigenvalue weighted by Crippen LogP contribution is 2.31. The topological polar surface area (TPSA) is 157 Å². The molecule has 2 heterocycles. The summed E-state index contributed by atoms with van der Waals surface area (Å²) in [6.45, 7) is 1.77. The summed E-state index contributed by atoms with van der Waals surface area (Å²) in [5, 5.41) is 19.4. The smallest absolute Gasteiger partial charge is 0.342 e. The maximum Gasteiger partial charge on any atom is 0.342 e. The van der Waals surface area contributed by atoms with Crippen LogP contribution in [-0.2, 0) is 4.79 Å². The maximum atomic E-state index is 12.7. The van der Waals surface area contributed by atoms with Crippen LogP contribution >= 0.6 is 0 Å². The van der Waals surface area contributed by atoms with Crippen molar-refractivity contribution in [2.24, 2.45) is 16.6 Å². The predicted octanol–water partition coefficient (Wildman–Crippen LogP) is 3.39. The van der Waals surface area contributed by atoms with Crippen molar-refractivity contribution in [3.8, 4) is 17.1 Å². The normalized spacial score (nSPS) is 15.1. The first kappa shape index (κ1) is 23.9. The van der Waals surface area contributed by atoms with E-state index in [-0.39, 0.29) is 5.57 Å². The average molecular weight is 483 g/mol. The standard InChI is InChI=1S/C26H22N6O4/c1-16(12-14-19-21(17-8-4-2-5-9-17)29-31(23(19)33)25(27)35)13-15-20-22(18-10-6-3-7-11-18)30-32(24(20)34)26(28)36/h2-15,33H,1H3,(H2,27,35)(H2,28,36). The van der Waals surface area contributed by atoms with Gasteiger partial charge in [-0.15, -0.1) is 9.69 Å². The van der Waals surface area contributed by atoms with Crippen LogP contribution < -0.4 is 11.5 Å². The Morgan fingerprint density at radius 3 is 2.14 bits per heavy atom. The van der Waals surface area contributed by atoms with Gasteiger partial charge >= 0.3 is 12.1 Å². The number of primary amides is 2. The molecule has 0 radical (unpaired) electrons. The molecule has 10 nitrogen and oxygen atoms in total. The van der Waals surface area contributed by atoms with Gasteiger partial charge in [-0.3, -0.25) is 4.79 Å². The first-order valence-electron chi connectivity index (χ1n) is 10.8. The van der Waals surface area contributed by atoms with E-state index in [2.05, 4.69) is 10.2 Å². The lowest BCUT2D eigenvalue weighted by molar-refractivity contribution is -0.122. The van der Waals surface area contributed by atoms with Gasteiger partial charge in [0.25, 0.3) is 5.91 Å². The number of hydrogen-bond donors (Lipinski definition) is 3. The molecule has 0 bridgehead atoms. The fourth-order valence-corrected chi connectivity index (χ4v) is 3.55. The molecule has 0 spiro atoms. The van der Waals surface area contributed by atoms with Crippen LogP contribution in [0, 0.1) is 0 Å². The molecule has 1 aromatic heterocycles. The fraction of sp³-hybridized carbons (Fsp3) is 0.0385. The summed E-state index contributed by atoms with van der Waals surface area (Å²) in [6.07, 6.45) is 6.47. The quantitative estimate of drug-likeness (QED) is 0.375. The number of allylic oxidation sites excluding steroid dienone is 4. The Balaban J connectivity index is 1.69. The van der Waals surface area contributed by atoms with E-state index in [0.717, 1.165) is 4.68 Å². The number of aromatic nitrogens is 2. The van der Waals surface area contributed by atoms with Gasteiger partial charge in [-0.25, -0.2) is 9.59 Å². The van der Waals surface area contributed by atoms with Crippen LogP contribution in [0.1, 0.15) is 18.1 Å². The van der Waals surface area contributed by atoms with E-state index >= 15 is 0 Å². The van der Waals surface area contributed by atoms with Crippen molar-refractivity contribution in [1.29, 1.82) is 0 Å². The van der Waals surface area contributed by atoms with Crippen molar-refractivity contribution in [3.05, 3.63) is 101 Å². The SMILES string of the molecule is CC(C=Cc1c(-c2ccccc2)nn(C(N)=O)c1O)=CC=C1C(=O)N(C(N)=O)N=C1c1ccccc1. The van der Waals surface area contributed by atoms with E-state index in [0.29, 0.717) is 38.7 Å². The van der Waals surface area contributed by atoms with Crippen LogP contribution in [0.3, 0.4) is 0 Å². The third kappa shape index (κ3) is 4.68. The van der Waals surface area contributed by atoms with E-state index in [1.54, 1.807) is 79.8 Å². The molecule has 0 saturated carbocycles. The summed E-state index contributed by atoms with van der Waals surface area (Å²) >= 11 is 0. The zero-order valence-corrected chi connectivity index (χ0v) is 19.2. The van der Waals surface area contributed by atoms with Crippen LogP contribution in [0.25, 0.3) is 17.3 Å². The second-order valence-corrected chi connectivity index (χ2v) is 7.80. The molecule has 3 aromatic rings. The van der Waals surface area contributed by atoms with Crippen LogP contribution in [0.2, 0.25) is 0 Å². The van der Waals surface area contributed by atoms with Gasteiger partial charge in [0.2, 0.25) is 5.88 Å². The summed E-state index contributed by atoms with van der Waals surface area (Å²) in [6, 6.07) is 16.1. The van der Waals surface area contributed by atoms with Crippen LogP contribution in [0.4, 0.5) is 9.59 Å². The molecular weight excluding hydrogens is 460 g/mol. The van der Waals surface area contributed by atoms with Gasteiger partial charge in [-0.2, -0.15) is 10.2 Å². The zero-order chi connectivity index (χ0) is 25.8. The Morgan fingerprint density at radius 1 is 0.944 bits per heavy atom. The highest BCUT2D eigenvalue weighted by molar-refractivity contribution is 6.33. The zero-order valence-electron chi connectivity index (χ0n) is 19.2. The lowest BCUT2D eigenvalue weighted by Gasteiger charge is -2.03. The van der Waals surface area contributed by atoms with Crippen molar-refractivity contribution < 1.29 is 19.5 Å². The maximum absolute atomic E-state index is 12.7. The highest BCUT2D eigenvalue weighted by atomic mass is 16.3. The van der Waals surface area contributed by atoms with E-state index < -0.39 is 23.8 Å². The van der Waals surface area contributed by atoms with E-state index in [1.807, 2.05) is 12.1 Å².